The molecule has 1 fully saturated rings. The summed E-state index contributed by atoms with van der Waals surface area (Å²) >= 11 is 0. The number of pyridine rings is 1. The van der Waals surface area contributed by atoms with Gasteiger partial charge in [-0.15, -0.1) is 0 Å². The van der Waals surface area contributed by atoms with Gasteiger partial charge in [0.05, 0.1) is 0 Å². The SMILES string of the molecule is C1=C(c2cc3ncccc3o2)C2NCCCC2CC1. The zero-order valence-corrected chi connectivity index (χ0v) is 10.9. The number of nitrogens with one attached hydrogen (secondary N) is 1. The van der Waals surface area contributed by atoms with Crippen molar-refractivity contribution in [2.24, 2.45) is 5.92 Å². The minimum Gasteiger partial charge on any atom is -0.455 e. The van der Waals surface area contributed by atoms with Crippen molar-refractivity contribution < 1.29 is 4.42 Å². The van der Waals surface area contributed by atoms with Crippen molar-refractivity contribution in [1.29, 1.82) is 0 Å². The molecule has 2 unspecified atom stereocenters. The fourth-order valence-corrected chi connectivity index (χ4v) is 3.48. The van der Waals surface area contributed by atoms with Crippen molar-refractivity contribution in [2.45, 2.75) is 31.7 Å². The molecule has 1 aliphatic heterocycles. The smallest absolute Gasteiger partial charge is 0.153 e. The van der Waals surface area contributed by atoms with Crippen molar-refractivity contribution in [3.8, 4) is 0 Å². The molecule has 3 heteroatoms. The Morgan fingerprint density at radius 2 is 2.32 bits per heavy atom. The molecular weight excluding hydrogens is 236 g/mol. The molecule has 2 aromatic heterocycles. The maximum absolute atomic E-state index is 5.99. The van der Waals surface area contributed by atoms with Crippen LogP contribution < -0.4 is 5.32 Å². The van der Waals surface area contributed by atoms with E-state index in [0.29, 0.717) is 6.04 Å². The highest BCUT2D eigenvalue weighted by Gasteiger charge is 2.31. The molecule has 2 atom stereocenters. The van der Waals surface area contributed by atoms with E-state index in [0.717, 1.165) is 29.3 Å². The average Bonchev–Trinajstić information content (AvgIpc) is 2.90. The summed E-state index contributed by atoms with van der Waals surface area (Å²) in [5, 5.41) is 3.67. The summed E-state index contributed by atoms with van der Waals surface area (Å²) in [5.41, 5.74) is 3.18. The molecule has 0 radical (unpaired) electrons. The number of fused-ring (bicyclic) bond motifs is 2. The van der Waals surface area contributed by atoms with Gasteiger partial charge in [0.15, 0.2) is 5.58 Å². The van der Waals surface area contributed by atoms with Crippen LogP contribution in [0.5, 0.6) is 0 Å². The molecule has 19 heavy (non-hydrogen) atoms. The first kappa shape index (κ1) is 11.2. The normalized spacial score (nSPS) is 27.1. The third-order valence-corrected chi connectivity index (χ3v) is 4.40. The predicted molar refractivity (Wildman–Crippen MR) is 75.7 cm³/mol. The van der Waals surface area contributed by atoms with Crippen LogP contribution >= 0.6 is 0 Å². The first-order chi connectivity index (χ1) is 9.42. The van der Waals surface area contributed by atoms with Crippen LogP contribution in [-0.2, 0) is 0 Å². The Hall–Kier alpha value is -1.61. The average molecular weight is 254 g/mol. The summed E-state index contributed by atoms with van der Waals surface area (Å²) < 4.78 is 5.99. The van der Waals surface area contributed by atoms with E-state index in [1.807, 2.05) is 18.3 Å². The van der Waals surface area contributed by atoms with Crippen LogP contribution in [0.25, 0.3) is 16.7 Å². The van der Waals surface area contributed by atoms with E-state index in [9.17, 15) is 0 Å². The van der Waals surface area contributed by atoms with Crippen molar-refractivity contribution >= 4 is 16.7 Å². The Morgan fingerprint density at radius 3 is 3.26 bits per heavy atom. The van der Waals surface area contributed by atoms with E-state index in [1.54, 1.807) is 0 Å². The lowest BCUT2D eigenvalue weighted by molar-refractivity contribution is 0.301. The Kier molecular flexibility index (Phi) is 2.66. The van der Waals surface area contributed by atoms with Gasteiger partial charge in [0.2, 0.25) is 0 Å². The van der Waals surface area contributed by atoms with Crippen LogP contribution in [0.3, 0.4) is 0 Å². The number of nitrogens with zero attached hydrogens (tertiary/aromatic N) is 1. The van der Waals surface area contributed by atoms with E-state index in [2.05, 4.69) is 22.4 Å². The van der Waals surface area contributed by atoms with Crippen LogP contribution in [0.4, 0.5) is 0 Å². The highest BCUT2D eigenvalue weighted by molar-refractivity contribution is 5.79. The molecule has 4 rings (SSSR count). The van der Waals surface area contributed by atoms with Gasteiger partial charge in [-0.25, -0.2) is 0 Å². The van der Waals surface area contributed by atoms with Crippen LogP contribution in [-0.4, -0.2) is 17.6 Å². The zero-order chi connectivity index (χ0) is 12.7. The third-order valence-electron chi connectivity index (χ3n) is 4.40. The fraction of sp³-hybridized carbons (Fsp3) is 0.438. The van der Waals surface area contributed by atoms with Gasteiger partial charge in [0.25, 0.3) is 0 Å². The summed E-state index contributed by atoms with van der Waals surface area (Å²) in [7, 11) is 0. The fourth-order valence-electron chi connectivity index (χ4n) is 3.48. The van der Waals surface area contributed by atoms with E-state index in [1.165, 1.54) is 31.3 Å². The molecule has 0 bridgehead atoms. The van der Waals surface area contributed by atoms with Gasteiger partial charge in [-0.2, -0.15) is 0 Å². The maximum Gasteiger partial charge on any atom is 0.153 e. The summed E-state index contributed by atoms with van der Waals surface area (Å²) in [6.07, 6.45) is 9.28. The molecule has 0 spiro atoms. The lowest BCUT2D eigenvalue weighted by Crippen LogP contribution is -2.43. The van der Waals surface area contributed by atoms with E-state index >= 15 is 0 Å². The van der Waals surface area contributed by atoms with Gasteiger partial charge in [-0.3, -0.25) is 4.98 Å². The molecule has 1 aliphatic carbocycles. The van der Waals surface area contributed by atoms with Gasteiger partial charge >= 0.3 is 0 Å². The van der Waals surface area contributed by atoms with Gasteiger partial charge in [0, 0.05) is 23.9 Å². The predicted octanol–water partition coefficient (Wildman–Crippen LogP) is 3.37. The Bertz CT molecular complexity index is 595. The number of hydrogen-bond donors (Lipinski definition) is 1. The topological polar surface area (TPSA) is 38.1 Å². The van der Waals surface area contributed by atoms with Gasteiger partial charge in [-0.1, -0.05) is 6.08 Å². The van der Waals surface area contributed by atoms with Gasteiger partial charge in [0.1, 0.15) is 11.3 Å². The zero-order valence-electron chi connectivity index (χ0n) is 10.9. The second-order valence-electron chi connectivity index (χ2n) is 5.57. The number of piperidine rings is 1. The number of furan rings is 1. The number of allylic oxidation sites excluding steroid dienone is 1. The summed E-state index contributed by atoms with van der Waals surface area (Å²) in [5.74, 6) is 1.77. The quantitative estimate of drug-likeness (QED) is 0.848. The molecule has 3 nitrogen and oxygen atoms in total. The van der Waals surface area contributed by atoms with E-state index in [4.69, 9.17) is 4.42 Å². The van der Waals surface area contributed by atoms with E-state index < -0.39 is 0 Å². The van der Waals surface area contributed by atoms with Crippen LogP contribution in [0.1, 0.15) is 31.4 Å². The van der Waals surface area contributed by atoms with Crippen molar-refractivity contribution in [3.63, 3.8) is 0 Å². The van der Waals surface area contributed by atoms with Crippen LogP contribution in [0.15, 0.2) is 34.9 Å². The lowest BCUT2D eigenvalue weighted by atomic mass is 9.78. The first-order valence-electron chi connectivity index (χ1n) is 7.20. The highest BCUT2D eigenvalue weighted by Crippen LogP contribution is 2.37. The van der Waals surface area contributed by atoms with Gasteiger partial charge in [-0.05, 0) is 50.3 Å². The monoisotopic (exact) mass is 254 g/mol. The second-order valence-corrected chi connectivity index (χ2v) is 5.57. The standard InChI is InChI=1S/C16H18N2O/c1-4-11-5-2-9-18-16(11)12(6-1)15-10-13-14(19-15)7-3-8-17-13/h3,6-8,10-11,16,18H,1-2,4-5,9H2. The molecule has 0 amide bonds. The van der Waals surface area contributed by atoms with Crippen LogP contribution in [0, 0.1) is 5.92 Å². The van der Waals surface area contributed by atoms with Gasteiger partial charge < -0.3 is 9.73 Å². The number of hydrogen-bond acceptors (Lipinski definition) is 3. The van der Waals surface area contributed by atoms with Crippen LogP contribution in [0.2, 0.25) is 0 Å². The Balaban J connectivity index is 1.75. The summed E-state index contributed by atoms with van der Waals surface area (Å²) in [4.78, 5) is 4.36. The minimum absolute atomic E-state index is 0.475. The Labute approximate surface area is 112 Å². The van der Waals surface area contributed by atoms with Crippen molar-refractivity contribution in [2.75, 3.05) is 6.54 Å². The second kappa shape index (κ2) is 4.49. The molecule has 1 N–H and O–H groups in total. The maximum atomic E-state index is 5.99. The highest BCUT2D eigenvalue weighted by atomic mass is 16.3. The molecule has 0 saturated carbocycles. The molecule has 1 saturated heterocycles. The first-order valence-corrected chi connectivity index (χ1v) is 7.20. The molecule has 0 aromatic carbocycles. The largest absolute Gasteiger partial charge is 0.455 e. The summed E-state index contributed by atoms with van der Waals surface area (Å²) in [6, 6.07) is 6.47. The minimum atomic E-state index is 0.475. The Morgan fingerprint density at radius 1 is 1.32 bits per heavy atom. The van der Waals surface area contributed by atoms with Crippen molar-refractivity contribution in [3.05, 3.63) is 36.2 Å². The molecule has 2 aliphatic rings. The summed E-state index contributed by atoms with van der Waals surface area (Å²) in [6.45, 7) is 1.12. The lowest BCUT2D eigenvalue weighted by Gasteiger charge is -2.36. The van der Waals surface area contributed by atoms with Crippen molar-refractivity contribution in [1.82, 2.24) is 10.3 Å². The molecule has 2 aromatic rings. The third kappa shape index (κ3) is 1.89. The molecular formula is C16H18N2O. The number of rotatable bonds is 1. The molecule has 98 valence electrons. The number of aromatic nitrogens is 1. The van der Waals surface area contributed by atoms with E-state index in [-0.39, 0.29) is 0 Å². The molecule has 3 heterocycles.